The first-order valence-corrected chi connectivity index (χ1v) is 11.8. The molecule has 168 valence electrons. The van der Waals surface area contributed by atoms with Crippen molar-refractivity contribution in [3.8, 4) is 11.3 Å². The number of aryl methyl sites for hydroxylation is 2. The molecule has 1 aromatic carbocycles. The molecular formula is C25H30ClN5O. The molecule has 0 saturated carbocycles. The van der Waals surface area contributed by atoms with Crippen LogP contribution in [0, 0.1) is 30.6 Å². The van der Waals surface area contributed by atoms with Gasteiger partial charge in [-0.15, -0.1) is 0 Å². The van der Waals surface area contributed by atoms with Crippen LogP contribution in [0.4, 0.5) is 5.82 Å². The van der Waals surface area contributed by atoms with Crippen molar-refractivity contribution in [2.75, 3.05) is 24.6 Å². The van der Waals surface area contributed by atoms with E-state index in [0.717, 1.165) is 78.0 Å². The van der Waals surface area contributed by atoms with Gasteiger partial charge in [-0.2, -0.15) is 0 Å². The van der Waals surface area contributed by atoms with E-state index in [-0.39, 0.29) is 17.4 Å². The lowest BCUT2D eigenvalue weighted by atomic mass is 9.69. The molecule has 2 aromatic heterocycles. The van der Waals surface area contributed by atoms with Gasteiger partial charge in [-0.25, -0.2) is 9.97 Å². The van der Waals surface area contributed by atoms with Crippen molar-refractivity contribution in [1.82, 2.24) is 14.4 Å². The van der Waals surface area contributed by atoms with Gasteiger partial charge in [-0.05, 0) is 38.7 Å². The highest BCUT2D eigenvalue weighted by atomic mass is 35.5. The number of nitrogens with one attached hydrogen (secondary N) is 1. The molecule has 1 spiro atoms. The second kappa shape index (κ2) is 8.16. The van der Waals surface area contributed by atoms with E-state index in [1.807, 2.05) is 44.4 Å². The summed E-state index contributed by atoms with van der Waals surface area (Å²) >= 11 is 6.67. The lowest BCUT2D eigenvalue weighted by Crippen LogP contribution is -2.45. The van der Waals surface area contributed by atoms with Crippen molar-refractivity contribution >= 4 is 29.3 Å². The number of benzene rings is 1. The molecule has 0 unspecified atom stereocenters. The molecule has 2 fully saturated rings. The van der Waals surface area contributed by atoms with Gasteiger partial charge in [0.15, 0.2) is 11.5 Å². The second-order valence-corrected chi connectivity index (χ2v) is 9.60. The average Bonchev–Trinajstić information content (AvgIpc) is 3.41. The van der Waals surface area contributed by atoms with Gasteiger partial charge in [0.2, 0.25) is 0 Å². The molecule has 0 aliphatic carbocycles. The summed E-state index contributed by atoms with van der Waals surface area (Å²) in [5.41, 5.74) is 4.89. The summed E-state index contributed by atoms with van der Waals surface area (Å²) in [4.78, 5) is 12.1. The molecule has 32 heavy (non-hydrogen) atoms. The Bertz CT molecular complexity index is 1160. The number of ether oxygens (including phenoxy) is 1. The lowest BCUT2D eigenvalue weighted by molar-refractivity contribution is 0.0856. The topological polar surface area (TPSA) is 66.5 Å². The minimum atomic E-state index is 0.0781. The maximum atomic E-state index is 8.01. The lowest BCUT2D eigenvalue weighted by Gasteiger charge is -2.42. The van der Waals surface area contributed by atoms with E-state index in [2.05, 4.69) is 21.2 Å². The van der Waals surface area contributed by atoms with Crippen LogP contribution >= 0.6 is 11.6 Å². The number of piperidine rings is 1. The predicted octanol–water partition coefficient (Wildman–Crippen LogP) is 5.33. The molecule has 2 atom stereocenters. The van der Waals surface area contributed by atoms with Crippen molar-refractivity contribution in [2.45, 2.75) is 46.1 Å². The van der Waals surface area contributed by atoms with Crippen LogP contribution in [0.3, 0.4) is 0 Å². The van der Waals surface area contributed by atoms with Gasteiger partial charge in [0.05, 0.1) is 29.1 Å². The SMILES string of the molecule is CC[C@@H]1OCC2(CCN(c3nc(C)c(-c4cccc(C)c4Cl)n4ccnc34)CC2)[C@@H]1C=N. The molecule has 6 nitrogen and oxygen atoms in total. The third-order valence-electron chi connectivity index (χ3n) is 7.48. The Balaban J connectivity index is 1.49. The number of aromatic nitrogens is 3. The molecule has 2 aliphatic rings. The highest BCUT2D eigenvalue weighted by Crippen LogP contribution is 2.47. The van der Waals surface area contributed by atoms with Crippen molar-refractivity contribution in [2.24, 2.45) is 11.3 Å². The molecule has 3 aromatic rings. The molecular weight excluding hydrogens is 422 g/mol. The summed E-state index contributed by atoms with van der Waals surface area (Å²) in [7, 11) is 0. The van der Waals surface area contributed by atoms with Crippen LogP contribution in [-0.2, 0) is 4.74 Å². The number of imidazole rings is 1. The van der Waals surface area contributed by atoms with E-state index in [0.29, 0.717) is 0 Å². The van der Waals surface area contributed by atoms with Crippen molar-refractivity contribution in [3.05, 3.63) is 46.9 Å². The third-order valence-corrected chi connectivity index (χ3v) is 7.98. The number of halogens is 1. The van der Waals surface area contributed by atoms with Crippen LogP contribution in [0.5, 0.6) is 0 Å². The van der Waals surface area contributed by atoms with Crippen molar-refractivity contribution < 1.29 is 4.74 Å². The highest BCUT2D eigenvalue weighted by Gasteiger charge is 2.49. The maximum absolute atomic E-state index is 8.01. The van der Waals surface area contributed by atoms with Gasteiger partial charge in [0.1, 0.15) is 0 Å². The van der Waals surface area contributed by atoms with Crippen LogP contribution in [-0.4, -0.2) is 46.4 Å². The van der Waals surface area contributed by atoms with Gasteiger partial charge < -0.3 is 15.0 Å². The minimum Gasteiger partial charge on any atom is -0.377 e. The monoisotopic (exact) mass is 451 g/mol. The Labute approximate surface area is 194 Å². The normalized spacial score (nSPS) is 22.7. The number of nitrogens with zero attached hydrogens (tertiary/aromatic N) is 4. The zero-order valence-electron chi connectivity index (χ0n) is 18.9. The van der Waals surface area contributed by atoms with E-state index >= 15 is 0 Å². The number of rotatable bonds is 4. The zero-order chi connectivity index (χ0) is 22.5. The molecule has 0 amide bonds. The third kappa shape index (κ3) is 3.23. The first-order valence-electron chi connectivity index (χ1n) is 11.5. The fourth-order valence-corrected chi connectivity index (χ4v) is 5.83. The van der Waals surface area contributed by atoms with Crippen molar-refractivity contribution in [1.29, 1.82) is 5.41 Å². The molecule has 7 heteroatoms. The summed E-state index contributed by atoms with van der Waals surface area (Å²) in [6.07, 6.45) is 8.60. The largest absolute Gasteiger partial charge is 0.377 e. The Morgan fingerprint density at radius 1 is 1.28 bits per heavy atom. The predicted molar refractivity (Wildman–Crippen MR) is 129 cm³/mol. The molecule has 1 N–H and O–H groups in total. The molecule has 5 rings (SSSR count). The molecule has 2 aliphatic heterocycles. The molecule has 0 radical (unpaired) electrons. The van der Waals surface area contributed by atoms with Crippen molar-refractivity contribution in [3.63, 3.8) is 0 Å². The van der Waals surface area contributed by atoms with Gasteiger partial charge in [0, 0.05) is 48.6 Å². The standard InChI is InChI=1S/C25H30ClN5O/c1-4-20-19(14-27)25(15-32-20)8-11-30(12-9-25)24-23-28-10-13-31(23)22(17(3)29-24)18-7-5-6-16(2)21(18)26/h5-7,10,13-14,19-20,27H,4,8-9,11-12,15H2,1-3H3/t19-,20+/m1/s1. The Morgan fingerprint density at radius 3 is 2.78 bits per heavy atom. The average molecular weight is 452 g/mol. The fraction of sp³-hybridized carbons (Fsp3) is 0.480. The number of hydrogen-bond acceptors (Lipinski definition) is 5. The first-order chi connectivity index (χ1) is 15.5. The van der Waals surface area contributed by atoms with Crippen LogP contribution in [0.2, 0.25) is 5.02 Å². The smallest absolute Gasteiger partial charge is 0.180 e. The zero-order valence-corrected chi connectivity index (χ0v) is 19.7. The molecule has 4 heterocycles. The summed E-state index contributed by atoms with van der Waals surface area (Å²) in [6.45, 7) is 8.76. The van der Waals surface area contributed by atoms with E-state index < -0.39 is 0 Å². The Kier molecular flexibility index (Phi) is 5.46. The summed E-state index contributed by atoms with van der Waals surface area (Å²) < 4.78 is 8.21. The maximum Gasteiger partial charge on any atom is 0.180 e. The van der Waals surface area contributed by atoms with E-state index in [9.17, 15) is 0 Å². The van der Waals surface area contributed by atoms with Crippen LogP contribution in [0.15, 0.2) is 30.6 Å². The van der Waals surface area contributed by atoms with E-state index in [1.165, 1.54) is 0 Å². The fourth-order valence-electron chi connectivity index (χ4n) is 5.62. The summed E-state index contributed by atoms with van der Waals surface area (Å²) in [6, 6.07) is 6.10. The first kappa shape index (κ1) is 21.4. The van der Waals surface area contributed by atoms with E-state index in [4.69, 9.17) is 26.7 Å². The van der Waals surface area contributed by atoms with Crippen LogP contribution in [0.25, 0.3) is 16.9 Å². The number of hydrogen-bond donors (Lipinski definition) is 1. The van der Waals surface area contributed by atoms with Gasteiger partial charge in [-0.1, -0.05) is 36.7 Å². The Hall–Kier alpha value is -2.44. The quantitative estimate of drug-likeness (QED) is 0.544. The minimum absolute atomic E-state index is 0.0781. The number of anilines is 1. The van der Waals surface area contributed by atoms with Gasteiger partial charge in [-0.3, -0.25) is 4.40 Å². The summed E-state index contributed by atoms with van der Waals surface area (Å²) in [5.74, 6) is 1.13. The molecule has 0 bridgehead atoms. The summed E-state index contributed by atoms with van der Waals surface area (Å²) in [5, 5.41) is 8.76. The van der Waals surface area contributed by atoms with Crippen LogP contribution < -0.4 is 4.90 Å². The van der Waals surface area contributed by atoms with E-state index in [1.54, 1.807) is 6.21 Å². The van der Waals surface area contributed by atoms with Gasteiger partial charge in [0.25, 0.3) is 0 Å². The second-order valence-electron chi connectivity index (χ2n) is 9.23. The molecule has 2 saturated heterocycles. The highest BCUT2D eigenvalue weighted by molar-refractivity contribution is 6.34. The Morgan fingerprint density at radius 2 is 2.06 bits per heavy atom. The van der Waals surface area contributed by atoms with Gasteiger partial charge >= 0.3 is 0 Å². The number of fused-ring (bicyclic) bond motifs is 1. The van der Waals surface area contributed by atoms with Crippen LogP contribution in [0.1, 0.15) is 37.4 Å².